The highest BCUT2D eigenvalue weighted by atomic mass is 19.1. The molecule has 1 aliphatic rings. The van der Waals surface area contributed by atoms with Crippen LogP contribution >= 0.6 is 0 Å². The number of hydrogen-bond donors (Lipinski definition) is 0. The summed E-state index contributed by atoms with van der Waals surface area (Å²) in [6, 6.07) is 5.59. The van der Waals surface area contributed by atoms with Gasteiger partial charge in [-0.1, -0.05) is 6.07 Å². The molecule has 0 atom stereocenters. The molecule has 1 fully saturated rings. The van der Waals surface area contributed by atoms with Crippen LogP contribution in [0.4, 0.5) is 4.39 Å². The highest BCUT2D eigenvalue weighted by molar-refractivity contribution is 5.86. The molecule has 0 aliphatic carbocycles. The van der Waals surface area contributed by atoms with Crippen molar-refractivity contribution >= 4 is 11.8 Å². The average Bonchev–Trinajstić information content (AvgIpc) is 2.39. The maximum Gasteiger partial charge on any atom is 0.261 e. The molecule has 0 N–H and O–H groups in total. The van der Waals surface area contributed by atoms with E-state index in [1.54, 1.807) is 18.0 Å². The van der Waals surface area contributed by atoms with Gasteiger partial charge in [0, 0.05) is 26.2 Å². The van der Waals surface area contributed by atoms with Crippen LogP contribution in [0.5, 0.6) is 5.75 Å². The summed E-state index contributed by atoms with van der Waals surface area (Å²) in [5.41, 5.74) is 0. The van der Waals surface area contributed by atoms with E-state index in [1.165, 1.54) is 23.1 Å². The number of piperazine rings is 1. The number of halogens is 1. The van der Waals surface area contributed by atoms with Gasteiger partial charge in [-0.25, -0.2) is 4.39 Å². The zero-order valence-corrected chi connectivity index (χ0v) is 10.6. The first-order valence-corrected chi connectivity index (χ1v) is 5.96. The fourth-order valence-corrected chi connectivity index (χ4v) is 1.76. The fraction of sp³-hybridized carbons (Fsp3) is 0.385. The topological polar surface area (TPSA) is 49.9 Å². The normalized spacial score (nSPS) is 15.6. The lowest BCUT2D eigenvalue weighted by atomic mass is 10.3. The minimum atomic E-state index is -0.417. The fourth-order valence-electron chi connectivity index (χ4n) is 1.76. The summed E-state index contributed by atoms with van der Waals surface area (Å²) >= 11 is 0. The number of amides is 2. The molecule has 1 aromatic carbocycles. The molecular formula is C13H15FN2O3. The van der Waals surface area contributed by atoms with E-state index in [2.05, 4.69) is 0 Å². The second kappa shape index (κ2) is 5.69. The van der Waals surface area contributed by atoms with Crippen molar-refractivity contribution in [2.45, 2.75) is 0 Å². The van der Waals surface area contributed by atoms with Crippen LogP contribution in [-0.4, -0.2) is 54.9 Å². The van der Waals surface area contributed by atoms with Crippen LogP contribution in [0, 0.1) is 5.82 Å². The highest BCUT2D eigenvalue weighted by Gasteiger charge is 2.24. The lowest BCUT2D eigenvalue weighted by Crippen LogP contribution is -2.51. The minimum Gasteiger partial charge on any atom is -0.484 e. The highest BCUT2D eigenvalue weighted by Crippen LogP contribution is 2.12. The maximum atomic E-state index is 12.9. The molecule has 1 heterocycles. The van der Waals surface area contributed by atoms with Gasteiger partial charge < -0.3 is 14.5 Å². The number of benzene rings is 1. The van der Waals surface area contributed by atoms with Gasteiger partial charge in [0.2, 0.25) is 5.91 Å². The van der Waals surface area contributed by atoms with Crippen molar-refractivity contribution in [3.63, 3.8) is 0 Å². The van der Waals surface area contributed by atoms with Gasteiger partial charge in [-0.05, 0) is 12.1 Å². The minimum absolute atomic E-state index is 0.0713. The van der Waals surface area contributed by atoms with E-state index >= 15 is 0 Å². The molecule has 6 heteroatoms. The molecule has 5 nitrogen and oxygen atoms in total. The van der Waals surface area contributed by atoms with Crippen LogP contribution in [0.2, 0.25) is 0 Å². The van der Waals surface area contributed by atoms with Gasteiger partial charge in [0.25, 0.3) is 5.91 Å². The van der Waals surface area contributed by atoms with Crippen LogP contribution in [0.25, 0.3) is 0 Å². The van der Waals surface area contributed by atoms with Crippen molar-refractivity contribution in [2.24, 2.45) is 0 Å². The largest absolute Gasteiger partial charge is 0.484 e. The Balaban J connectivity index is 1.86. The van der Waals surface area contributed by atoms with E-state index in [0.29, 0.717) is 18.8 Å². The van der Waals surface area contributed by atoms with Crippen molar-refractivity contribution in [2.75, 3.05) is 33.3 Å². The molecule has 2 amide bonds. The van der Waals surface area contributed by atoms with Gasteiger partial charge in [0.05, 0.1) is 6.54 Å². The average molecular weight is 266 g/mol. The molecule has 2 rings (SSSR count). The molecule has 0 saturated carbocycles. The molecule has 0 unspecified atom stereocenters. The summed E-state index contributed by atoms with van der Waals surface area (Å²) in [7, 11) is 1.70. The number of ether oxygens (including phenoxy) is 1. The lowest BCUT2D eigenvalue weighted by Gasteiger charge is -2.31. The van der Waals surface area contributed by atoms with E-state index in [0.717, 1.165) is 0 Å². The van der Waals surface area contributed by atoms with Crippen LogP contribution in [-0.2, 0) is 9.59 Å². The molecule has 0 aromatic heterocycles. The third-order valence-electron chi connectivity index (χ3n) is 2.97. The molecule has 0 spiro atoms. The summed E-state index contributed by atoms with van der Waals surface area (Å²) in [4.78, 5) is 26.3. The number of hydrogen-bond acceptors (Lipinski definition) is 3. The van der Waals surface area contributed by atoms with Gasteiger partial charge >= 0.3 is 0 Å². The van der Waals surface area contributed by atoms with Crippen LogP contribution < -0.4 is 4.74 Å². The predicted octanol–water partition coefficient (Wildman–Crippen LogP) is 0.505. The Labute approximate surface area is 110 Å². The van der Waals surface area contributed by atoms with E-state index < -0.39 is 5.82 Å². The number of likely N-dealkylation sites (N-methyl/N-ethyl adjacent to an activating group) is 1. The molecule has 0 bridgehead atoms. The quantitative estimate of drug-likeness (QED) is 0.800. The van der Waals surface area contributed by atoms with E-state index in [-0.39, 0.29) is 25.0 Å². The molecule has 1 saturated heterocycles. The Morgan fingerprint density at radius 1 is 1.42 bits per heavy atom. The first kappa shape index (κ1) is 13.3. The van der Waals surface area contributed by atoms with E-state index in [9.17, 15) is 14.0 Å². The Hall–Kier alpha value is -2.11. The van der Waals surface area contributed by atoms with Crippen molar-refractivity contribution in [3.05, 3.63) is 30.1 Å². The van der Waals surface area contributed by atoms with Crippen LogP contribution in [0.15, 0.2) is 24.3 Å². The van der Waals surface area contributed by atoms with E-state index in [1.807, 2.05) is 0 Å². The molecule has 1 aliphatic heterocycles. The molecular weight excluding hydrogens is 251 g/mol. The van der Waals surface area contributed by atoms with Crippen molar-refractivity contribution < 1.29 is 18.7 Å². The summed E-state index contributed by atoms with van der Waals surface area (Å²) in [6.07, 6.45) is 0. The first-order chi connectivity index (χ1) is 9.06. The zero-order chi connectivity index (χ0) is 13.8. The lowest BCUT2D eigenvalue weighted by molar-refractivity contribution is -0.145. The van der Waals surface area contributed by atoms with Crippen molar-refractivity contribution in [3.8, 4) is 5.75 Å². The first-order valence-electron chi connectivity index (χ1n) is 5.96. The number of carbonyl (C=O) groups is 2. The molecule has 19 heavy (non-hydrogen) atoms. The Bertz CT molecular complexity index is 493. The van der Waals surface area contributed by atoms with Crippen molar-refractivity contribution in [1.29, 1.82) is 0 Å². The number of nitrogens with zero attached hydrogens (tertiary/aromatic N) is 2. The Morgan fingerprint density at radius 3 is 2.89 bits per heavy atom. The third kappa shape index (κ3) is 3.43. The van der Waals surface area contributed by atoms with E-state index in [4.69, 9.17) is 4.74 Å². The standard InChI is InChI=1S/C13H15FN2O3/c1-15-5-6-16(8-12(15)17)13(18)9-19-11-4-2-3-10(14)7-11/h2-4,7H,5-6,8-9H2,1H3. The monoisotopic (exact) mass is 266 g/mol. The second-order valence-electron chi connectivity index (χ2n) is 4.38. The van der Waals surface area contributed by atoms with Gasteiger partial charge in [-0.15, -0.1) is 0 Å². The summed E-state index contributed by atoms with van der Waals surface area (Å²) in [6.45, 7) is 0.889. The van der Waals surface area contributed by atoms with Crippen molar-refractivity contribution in [1.82, 2.24) is 9.80 Å². The SMILES string of the molecule is CN1CCN(C(=O)COc2cccc(F)c2)CC1=O. The smallest absolute Gasteiger partial charge is 0.261 e. The van der Waals surface area contributed by atoms with Crippen LogP contribution in [0.1, 0.15) is 0 Å². The molecule has 0 radical (unpaired) electrons. The predicted molar refractivity (Wildman–Crippen MR) is 66.1 cm³/mol. The van der Waals surface area contributed by atoms with Gasteiger partial charge in [0.1, 0.15) is 11.6 Å². The summed E-state index contributed by atoms with van der Waals surface area (Å²) < 4.78 is 18.1. The molecule has 1 aromatic rings. The third-order valence-corrected chi connectivity index (χ3v) is 2.97. The van der Waals surface area contributed by atoms with Gasteiger partial charge in [0.15, 0.2) is 6.61 Å². The number of carbonyl (C=O) groups excluding carboxylic acids is 2. The summed E-state index contributed by atoms with van der Waals surface area (Å²) in [5.74, 6) is -0.482. The van der Waals surface area contributed by atoms with Gasteiger partial charge in [-0.3, -0.25) is 9.59 Å². The Morgan fingerprint density at radius 2 is 2.21 bits per heavy atom. The zero-order valence-electron chi connectivity index (χ0n) is 10.6. The van der Waals surface area contributed by atoms with Gasteiger partial charge in [-0.2, -0.15) is 0 Å². The number of rotatable bonds is 3. The summed E-state index contributed by atoms with van der Waals surface area (Å²) in [5, 5.41) is 0. The molecule has 102 valence electrons. The second-order valence-corrected chi connectivity index (χ2v) is 4.38. The maximum absolute atomic E-state index is 12.9. The Kier molecular flexibility index (Phi) is 3.99. The van der Waals surface area contributed by atoms with Crippen LogP contribution in [0.3, 0.4) is 0 Å².